The molecule has 24 heavy (non-hydrogen) atoms. The van der Waals surface area contributed by atoms with Gasteiger partial charge < -0.3 is 14.4 Å². The molecule has 6 heteroatoms. The van der Waals surface area contributed by atoms with Crippen LogP contribution in [-0.4, -0.2) is 44.5 Å². The number of para-hydroxylation sites is 1. The van der Waals surface area contributed by atoms with Crippen LogP contribution in [0.15, 0.2) is 18.2 Å². The Labute approximate surface area is 141 Å². The zero-order valence-corrected chi connectivity index (χ0v) is 14.5. The minimum atomic E-state index is -1.09. The molecule has 1 unspecified atom stereocenters. The Kier molecular flexibility index (Phi) is 5.39. The Balaban J connectivity index is 2.31. The fourth-order valence-electron chi connectivity index (χ4n) is 3.17. The van der Waals surface area contributed by atoms with Gasteiger partial charge in [-0.15, -0.1) is 0 Å². The van der Waals surface area contributed by atoms with Crippen LogP contribution in [0.1, 0.15) is 24.5 Å². The number of Topliss-reactive ketones (excluding diaryl/α,β-unsaturated/α-hetero) is 1. The van der Waals surface area contributed by atoms with E-state index < -0.39 is 11.4 Å². The maximum Gasteiger partial charge on any atom is 0.316 e. The molecule has 0 bridgehead atoms. The van der Waals surface area contributed by atoms with Gasteiger partial charge in [0.25, 0.3) is 0 Å². The van der Waals surface area contributed by atoms with Gasteiger partial charge in [-0.2, -0.15) is 0 Å². The molecule has 1 aromatic carbocycles. The van der Waals surface area contributed by atoms with E-state index in [1.54, 1.807) is 4.90 Å². The number of carbonyl (C=O) groups is 3. The van der Waals surface area contributed by atoms with Gasteiger partial charge in [-0.25, -0.2) is 0 Å². The van der Waals surface area contributed by atoms with Gasteiger partial charge >= 0.3 is 5.97 Å². The zero-order chi connectivity index (χ0) is 17.9. The number of amides is 1. The summed E-state index contributed by atoms with van der Waals surface area (Å²) in [6, 6.07) is 5.79. The van der Waals surface area contributed by atoms with Crippen LogP contribution in [0.25, 0.3) is 0 Å². The van der Waals surface area contributed by atoms with E-state index in [0.29, 0.717) is 0 Å². The average Bonchev–Trinajstić information content (AvgIpc) is 2.84. The predicted octanol–water partition coefficient (Wildman–Crippen LogP) is 1.81. The van der Waals surface area contributed by atoms with Gasteiger partial charge in [0.1, 0.15) is 12.0 Å². The van der Waals surface area contributed by atoms with Crippen LogP contribution in [-0.2, 0) is 23.9 Å². The first-order chi connectivity index (χ1) is 11.3. The molecule has 1 atom stereocenters. The van der Waals surface area contributed by atoms with E-state index >= 15 is 0 Å². The van der Waals surface area contributed by atoms with Crippen LogP contribution < -0.4 is 4.90 Å². The number of methoxy groups -OCH3 is 1. The van der Waals surface area contributed by atoms with Crippen molar-refractivity contribution in [1.29, 1.82) is 0 Å². The Morgan fingerprint density at radius 1 is 1.25 bits per heavy atom. The molecule has 0 radical (unpaired) electrons. The predicted molar refractivity (Wildman–Crippen MR) is 88.8 cm³/mol. The molecule has 6 nitrogen and oxygen atoms in total. The van der Waals surface area contributed by atoms with Crippen LogP contribution in [0.2, 0.25) is 0 Å². The van der Waals surface area contributed by atoms with Gasteiger partial charge in [-0.3, -0.25) is 14.4 Å². The summed E-state index contributed by atoms with van der Waals surface area (Å²) in [4.78, 5) is 37.7. The van der Waals surface area contributed by atoms with Gasteiger partial charge in [0.05, 0.1) is 13.7 Å². The van der Waals surface area contributed by atoms with E-state index in [-0.39, 0.29) is 37.9 Å². The molecule has 1 aliphatic heterocycles. The number of carbonyl (C=O) groups excluding carboxylic acids is 3. The maximum absolute atomic E-state index is 12.6. The van der Waals surface area contributed by atoms with Crippen molar-refractivity contribution in [3.05, 3.63) is 29.3 Å². The smallest absolute Gasteiger partial charge is 0.316 e. The maximum atomic E-state index is 12.6. The van der Waals surface area contributed by atoms with Crippen molar-refractivity contribution in [2.75, 3.05) is 31.8 Å². The molecule has 1 amide bonds. The van der Waals surface area contributed by atoms with Crippen LogP contribution in [0.3, 0.4) is 0 Å². The highest BCUT2D eigenvalue weighted by atomic mass is 16.5. The number of benzene rings is 1. The lowest BCUT2D eigenvalue weighted by atomic mass is 9.88. The van der Waals surface area contributed by atoms with E-state index in [1.165, 1.54) is 14.0 Å². The monoisotopic (exact) mass is 333 g/mol. The average molecular weight is 333 g/mol. The summed E-state index contributed by atoms with van der Waals surface area (Å²) in [5.41, 5.74) is 1.66. The van der Waals surface area contributed by atoms with Crippen LogP contribution in [0, 0.1) is 19.3 Å². The molecular weight excluding hydrogens is 310 g/mol. The molecule has 1 aliphatic rings. The molecule has 0 N–H and O–H groups in total. The largest absolute Gasteiger partial charge is 0.468 e. The SMILES string of the molecule is COC(=O)C1(COCC(C)=O)CC(=O)N(c2c(C)cccc2C)C1. The minimum Gasteiger partial charge on any atom is -0.468 e. The molecule has 0 aliphatic carbocycles. The second-order valence-corrected chi connectivity index (χ2v) is 6.36. The van der Waals surface area contributed by atoms with Crippen molar-refractivity contribution in [2.45, 2.75) is 27.2 Å². The van der Waals surface area contributed by atoms with Gasteiger partial charge in [0.15, 0.2) is 5.78 Å². The molecule has 0 spiro atoms. The summed E-state index contributed by atoms with van der Waals surface area (Å²) in [5, 5.41) is 0. The summed E-state index contributed by atoms with van der Waals surface area (Å²) in [5.74, 6) is -0.775. The van der Waals surface area contributed by atoms with E-state index in [1.807, 2.05) is 32.0 Å². The van der Waals surface area contributed by atoms with Gasteiger partial charge in [0.2, 0.25) is 5.91 Å². The summed E-state index contributed by atoms with van der Waals surface area (Å²) >= 11 is 0. The van der Waals surface area contributed by atoms with Crippen molar-refractivity contribution in [3.8, 4) is 0 Å². The second-order valence-electron chi connectivity index (χ2n) is 6.36. The first kappa shape index (κ1) is 18.1. The number of ether oxygens (including phenoxy) is 2. The van der Waals surface area contributed by atoms with Crippen molar-refractivity contribution in [3.63, 3.8) is 0 Å². The van der Waals surface area contributed by atoms with Crippen molar-refractivity contribution < 1.29 is 23.9 Å². The van der Waals surface area contributed by atoms with Gasteiger partial charge in [-0.1, -0.05) is 18.2 Å². The third kappa shape index (κ3) is 3.48. The van der Waals surface area contributed by atoms with Gasteiger partial charge in [-0.05, 0) is 31.9 Å². The molecule has 0 aromatic heterocycles. The quantitative estimate of drug-likeness (QED) is 0.742. The third-order valence-corrected chi connectivity index (χ3v) is 4.26. The summed E-state index contributed by atoms with van der Waals surface area (Å²) in [7, 11) is 1.29. The lowest BCUT2D eigenvalue weighted by Crippen LogP contribution is -2.40. The van der Waals surface area contributed by atoms with Crippen molar-refractivity contribution >= 4 is 23.3 Å². The number of esters is 1. The van der Waals surface area contributed by atoms with Crippen molar-refractivity contribution in [1.82, 2.24) is 0 Å². The highest BCUT2D eigenvalue weighted by Gasteiger charge is 2.51. The number of nitrogens with zero attached hydrogens (tertiary/aromatic N) is 1. The third-order valence-electron chi connectivity index (χ3n) is 4.26. The Morgan fingerprint density at radius 2 is 1.88 bits per heavy atom. The van der Waals surface area contributed by atoms with E-state index in [2.05, 4.69) is 0 Å². The van der Waals surface area contributed by atoms with E-state index in [9.17, 15) is 14.4 Å². The molecule has 1 aromatic rings. The lowest BCUT2D eigenvalue weighted by molar-refractivity contribution is -0.156. The Morgan fingerprint density at radius 3 is 2.42 bits per heavy atom. The molecule has 2 rings (SSSR count). The van der Waals surface area contributed by atoms with Crippen LogP contribution >= 0.6 is 0 Å². The van der Waals surface area contributed by atoms with Crippen molar-refractivity contribution in [2.24, 2.45) is 5.41 Å². The fraction of sp³-hybridized carbons (Fsp3) is 0.500. The Bertz CT molecular complexity index is 649. The highest BCUT2D eigenvalue weighted by Crippen LogP contribution is 2.38. The summed E-state index contributed by atoms with van der Waals surface area (Å²) in [6.07, 6.45) is 0.00531. The number of hydrogen-bond donors (Lipinski definition) is 0. The number of hydrogen-bond acceptors (Lipinski definition) is 5. The number of aryl methyl sites for hydroxylation is 2. The topological polar surface area (TPSA) is 72.9 Å². The van der Waals surface area contributed by atoms with Crippen LogP contribution in [0.4, 0.5) is 5.69 Å². The van der Waals surface area contributed by atoms with Gasteiger partial charge in [0, 0.05) is 18.7 Å². The highest BCUT2D eigenvalue weighted by molar-refractivity contribution is 6.02. The number of ketones is 1. The minimum absolute atomic E-state index is 0.00531. The first-order valence-corrected chi connectivity index (χ1v) is 7.83. The number of rotatable bonds is 6. The molecular formula is C18H23NO5. The molecule has 130 valence electrons. The lowest BCUT2D eigenvalue weighted by Gasteiger charge is -2.27. The summed E-state index contributed by atoms with van der Waals surface area (Å²) < 4.78 is 10.3. The normalized spacial score (nSPS) is 20.3. The Hall–Kier alpha value is -2.21. The summed E-state index contributed by atoms with van der Waals surface area (Å²) in [6.45, 7) is 5.35. The second kappa shape index (κ2) is 7.13. The molecule has 1 saturated heterocycles. The first-order valence-electron chi connectivity index (χ1n) is 7.83. The zero-order valence-electron chi connectivity index (χ0n) is 14.5. The van der Waals surface area contributed by atoms with Crippen LogP contribution in [0.5, 0.6) is 0 Å². The molecule has 1 heterocycles. The molecule has 0 saturated carbocycles. The fourth-order valence-corrected chi connectivity index (χ4v) is 3.17. The van der Waals surface area contributed by atoms with E-state index in [0.717, 1.165) is 16.8 Å². The molecule has 1 fully saturated rings. The van der Waals surface area contributed by atoms with E-state index in [4.69, 9.17) is 9.47 Å². The standard InChI is InChI=1S/C18H23NO5/c1-12-6-5-7-13(2)16(12)19-10-18(8-15(19)21,17(22)23-4)11-24-9-14(3)20/h5-7H,8-11H2,1-4H3. The number of anilines is 1.